The van der Waals surface area contributed by atoms with Gasteiger partial charge < -0.3 is 10.4 Å². The van der Waals surface area contributed by atoms with E-state index in [0.717, 1.165) is 11.3 Å². The summed E-state index contributed by atoms with van der Waals surface area (Å²) < 4.78 is -0.00855. The van der Waals surface area contributed by atoms with Gasteiger partial charge in [-0.3, -0.25) is 4.90 Å². The molecule has 0 spiro atoms. The molecule has 0 fully saturated rings. The van der Waals surface area contributed by atoms with Crippen LogP contribution in [0.25, 0.3) is 0 Å². The Kier molecular flexibility index (Phi) is 4.46. The van der Waals surface area contributed by atoms with Gasteiger partial charge in [0.2, 0.25) is 0 Å². The van der Waals surface area contributed by atoms with Gasteiger partial charge in [-0.25, -0.2) is 9.59 Å². The number of amides is 2. The van der Waals surface area contributed by atoms with E-state index in [4.69, 9.17) is 5.11 Å². The van der Waals surface area contributed by atoms with Gasteiger partial charge in [-0.15, -0.1) is 0 Å². The Morgan fingerprint density at radius 1 is 1.43 bits per heavy atom. The standard InChI is InChI=1S/C15H20N2O3S/c1-15(2,21-3)9-16-14(20)17-7-6-10-8-11(13(18)19)4-5-12(10)17/h4-5,8H,6-7,9H2,1-3H3,(H,16,20)(H,18,19). The average Bonchev–Trinajstić information content (AvgIpc) is 2.87. The molecule has 1 aromatic rings. The summed E-state index contributed by atoms with van der Waals surface area (Å²) in [5, 5.41) is 11.9. The van der Waals surface area contributed by atoms with Crippen LogP contribution in [0, 0.1) is 0 Å². The number of fused-ring (bicyclic) bond motifs is 1. The van der Waals surface area contributed by atoms with Crippen LogP contribution in [-0.4, -0.2) is 41.2 Å². The minimum Gasteiger partial charge on any atom is -0.478 e. The molecular formula is C15H20N2O3S. The number of hydrogen-bond acceptors (Lipinski definition) is 3. The number of carbonyl (C=O) groups is 2. The molecule has 0 aromatic heterocycles. The number of carboxylic acids is 1. The quantitative estimate of drug-likeness (QED) is 0.897. The molecule has 114 valence electrons. The SMILES string of the molecule is CSC(C)(C)CNC(=O)N1CCc2cc(C(=O)O)ccc21. The molecule has 2 amide bonds. The van der Waals surface area contributed by atoms with E-state index in [1.807, 2.05) is 6.26 Å². The van der Waals surface area contributed by atoms with Gasteiger partial charge in [-0.05, 0) is 50.3 Å². The fourth-order valence-electron chi connectivity index (χ4n) is 2.20. The third kappa shape index (κ3) is 3.50. The zero-order valence-corrected chi connectivity index (χ0v) is 13.3. The maximum absolute atomic E-state index is 12.3. The van der Waals surface area contributed by atoms with Gasteiger partial charge in [0.15, 0.2) is 0 Å². The maximum Gasteiger partial charge on any atom is 0.335 e. The molecule has 1 heterocycles. The maximum atomic E-state index is 12.3. The molecule has 1 aromatic carbocycles. The molecule has 5 nitrogen and oxygen atoms in total. The number of nitrogens with zero attached hydrogens (tertiary/aromatic N) is 1. The van der Waals surface area contributed by atoms with Crippen molar-refractivity contribution >= 4 is 29.4 Å². The van der Waals surface area contributed by atoms with Crippen LogP contribution in [0.3, 0.4) is 0 Å². The van der Waals surface area contributed by atoms with E-state index in [9.17, 15) is 9.59 Å². The number of nitrogens with one attached hydrogen (secondary N) is 1. The second kappa shape index (κ2) is 5.97. The molecule has 1 aliphatic rings. The third-order valence-corrected chi connectivity index (χ3v) is 4.93. The van der Waals surface area contributed by atoms with Crippen molar-refractivity contribution in [3.63, 3.8) is 0 Å². The van der Waals surface area contributed by atoms with Crippen molar-refractivity contribution in [2.45, 2.75) is 25.0 Å². The van der Waals surface area contributed by atoms with E-state index < -0.39 is 5.97 Å². The lowest BCUT2D eigenvalue weighted by molar-refractivity contribution is 0.0697. The minimum absolute atomic E-state index is 0.00855. The lowest BCUT2D eigenvalue weighted by atomic mass is 10.1. The van der Waals surface area contributed by atoms with Crippen molar-refractivity contribution in [3.05, 3.63) is 29.3 Å². The van der Waals surface area contributed by atoms with Crippen molar-refractivity contribution in [2.24, 2.45) is 0 Å². The number of rotatable bonds is 4. The summed E-state index contributed by atoms with van der Waals surface area (Å²) in [5.41, 5.74) is 1.98. The third-order valence-electron chi connectivity index (χ3n) is 3.69. The average molecular weight is 308 g/mol. The van der Waals surface area contributed by atoms with Crippen LogP contribution in [0.4, 0.5) is 10.5 Å². The zero-order chi connectivity index (χ0) is 15.6. The topological polar surface area (TPSA) is 69.6 Å². The number of aromatic carboxylic acids is 1. The van der Waals surface area contributed by atoms with Gasteiger partial charge in [0, 0.05) is 23.5 Å². The number of carboxylic acid groups (broad SMARTS) is 1. The summed E-state index contributed by atoms with van der Waals surface area (Å²) in [7, 11) is 0. The molecule has 0 bridgehead atoms. The van der Waals surface area contributed by atoms with Crippen LogP contribution in [0.2, 0.25) is 0 Å². The molecule has 0 aliphatic carbocycles. The fraction of sp³-hybridized carbons (Fsp3) is 0.467. The molecule has 0 atom stereocenters. The van der Waals surface area contributed by atoms with Crippen LogP contribution in [0.1, 0.15) is 29.8 Å². The van der Waals surface area contributed by atoms with Gasteiger partial charge in [0.25, 0.3) is 0 Å². The molecule has 0 saturated heterocycles. The first-order valence-corrected chi connectivity index (χ1v) is 8.03. The number of anilines is 1. The summed E-state index contributed by atoms with van der Waals surface area (Å²) in [6.07, 6.45) is 2.71. The highest BCUT2D eigenvalue weighted by Gasteiger charge is 2.26. The highest BCUT2D eigenvalue weighted by atomic mass is 32.2. The Balaban J connectivity index is 2.08. The number of hydrogen-bond donors (Lipinski definition) is 2. The van der Waals surface area contributed by atoms with Crippen molar-refractivity contribution in [3.8, 4) is 0 Å². The smallest absolute Gasteiger partial charge is 0.335 e. The number of urea groups is 1. The van der Waals surface area contributed by atoms with E-state index in [1.54, 1.807) is 34.9 Å². The van der Waals surface area contributed by atoms with Crippen molar-refractivity contribution in [1.29, 1.82) is 0 Å². The Morgan fingerprint density at radius 3 is 2.76 bits per heavy atom. The predicted molar refractivity (Wildman–Crippen MR) is 85.4 cm³/mol. The number of benzene rings is 1. The summed E-state index contributed by atoms with van der Waals surface area (Å²) >= 11 is 1.70. The van der Waals surface area contributed by atoms with Gasteiger partial charge >= 0.3 is 12.0 Å². The molecule has 0 unspecified atom stereocenters. The number of thioether (sulfide) groups is 1. The summed E-state index contributed by atoms with van der Waals surface area (Å²) in [5.74, 6) is -0.942. The second-order valence-electron chi connectivity index (χ2n) is 5.67. The first kappa shape index (κ1) is 15.7. The van der Waals surface area contributed by atoms with E-state index in [2.05, 4.69) is 19.2 Å². The van der Waals surface area contributed by atoms with Crippen molar-refractivity contribution in [1.82, 2.24) is 5.32 Å². The summed E-state index contributed by atoms with van der Waals surface area (Å²) in [6, 6.07) is 4.78. The van der Waals surface area contributed by atoms with Crippen molar-refractivity contribution < 1.29 is 14.7 Å². The van der Waals surface area contributed by atoms with E-state index in [0.29, 0.717) is 19.5 Å². The zero-order valence-electron chi connectivity index (χ0n) is 12.5. The molecule has 0 radical (unpaired) electrons. The summed E-state index contributed by atoms with van der Waals surface area (Å²) in [4.78, 5) is 24.9. The highest BCUT2D eigenvalue weighted by molar-refractivity contribution is 7.99. The molecule has 1 aliphatic heterocycles. The largest absolute Gasteiger partial charge is 0.478 e. The predicted octanol–water partition coefficient (Wildman–Crippen LogP) is 2.60. The highest BCUT2D eigenvalue weighted by Crippen LogP contribution is 2.29. The molecule has 21 heavy (non-hydrogen) atoms. The fourth-order valence-corrected chi connectivity index (χ4v) is 2.42. The van der Waals surface area contributed by atoms with E-state index in [1.165, 1.54) is 0 Å². The van der Waals surface area contributed by atoms with E-state index in [-0.39, 0.29) is 16.3 Å². The van der Waals surface area contributed by atoms with Crippen LogP contribution >= 0.6 is 11.8 Å². The Bertz CT molecular complexity index is 572. The first-order valence-electron chi connectivity index (χ1n) is 6.81. The Hall–Kier alpha value is -1.69. The van der Waals surface area contributed by atoms with Crippen LogP contribution in [0.15, 0.2) is 18.2 Å². The Labute approximate surface area is 128 Å². The summed E-state index contributed by atoms with van der Waals surface area (Å²) in [6.45, 7) is 5.33. The van der Waals surface area contributed by atoms with Crippen molar-refractivity contribution in [2.75, 3.05) is 24.2 Å². The van der Waals surface area contributed by atoms with Crippen LogP contribution in [-0.2, 0) is 6.42 Å². The molecular weight excluding hydrogens is 288 g/mol. The first-order chi connectivity index (χ1) is 9.84. The second-order valence-corrected chi connectivity index (χ2v) is 7.19. The monoisotopic (exact) mass is 308 g/mol. The van der Waals surface area contributed by atoms with E-state index >= 15 is 0 Å². The Morgan fingerprint density at radius 2 is 2.14 bits per heavy atom. The van der Waals surface area contributed by atoms with Gasteiger partial charge in [0.1, 0.15) is 0 Å². The van der Waals surface area contributed by atoms with Crippen LogP contribution in [0.5, 0.6) is 0 Å². The lowest BCUT2D eigenvalue weighted by Gasteiger charge is -2.25. The molecule has 0 saturated carbocycles. The normalized spacial score (nSPS) is 14.0. The number of carbonyl (C=O) groups excluding carboxylic acids is 1. The van der Waals surface area contributed by atoms with Gasteiger partial charge in [-0.1, -0.05) is 0 Å². The van der Waals surface area contributed by atoms with Gasteiger partial charge in [-0.2, -0.15) is 11.8 Å². The van der Waals surface area contributed by atoms with Crippen LogP contribution < -0.4 is 10.2 Å². The molecule has 2 rings (SSSR count). The molecule has 2 N–H and O–H groups in total. The van der Waals surface area contributed by atoms with Gasteiger partial charge in [0.05, 0.1) is 5.56 Å². The molecule has 6 heteroatoms. The lowest BCUT2D eigenvalue weighted by Crippen LogP contribution is -2.44. The minimum atomic E-state index is -0.942.